The summed E-state index contributed by atoms with van der Waals surface area (Å²) in [5, 5.41) is 0. The Kier molecular flexibility index (Phi) is 5.51. The monoisotopic (exact) mass is 308 g/mol. The zero-order valence-electron chi connectivity index (χ0n) is 13.0. The van der Waals surface area contributed by atoms with Crippen molar-refractivity contribution in [2.75, 3.05) is 18.8 Å². The molecule has 0 bridgehead atoms. The van der Waals surface area contributed by atoms with Gasteiger partial charge in [0.25, 0.3) is 0 Å². The predicted octanol–water partition coefficient (Wildman–Crippen LogP) is 3.57. The maximum absolute atomic E-state index is 12.0. The van der Waals surface area contributed by atoms with Crippen molar-refractivity contribution < 1.29 is 9.53 Å². The minimum atomic E-state index is -0.411. The number of thioether (sulfide) groups is 1. The fourth-order valence-electron chi connectivity index (χ4n) is 2.28. The van der Waals surface area contributed by atoms with E-state index in [4.69, 9.17) is 4.74 Å². The molecule has 0 N–H and O–H groups in total. The highest BCUT2D eigenvalue weighted by molar-refractivity contribution is 7.98. The molecular weight excluding hydrogens is 284 g/mol. The summed E-state index contributed by atoms with van der Waals surface area (Å²) in [6.07, 6.45) is 4.55. The lowest BCUT2D eigenvalue weighted by Gasteiger charge is -2.24. The molecule has 0 saturated carbocycles. The average molecular weight is 308 g/mol. The van der Waals surface area contributed by atoms with E-state index < -0.39 is 5.60 Å². The number of likely N-dealkylation sites (tertiary alicyclic amines) is 1. The van der Waals surface area contributed by atoms with Crippen LogP contribution in [-0.2, 0) is 10.5 Å². The van der Waals surface area contributed by atoms with Crippen LogP contribution in [0.3, 0.4) is 0 Å². The molecule has 1 fully saturated rings. The summed E-state index contributed by atoms with van der Waals surface area (Å²) in [5.41, 5.74) is 0.891. The van der Waals surface area contributed by atoms with E-state index in [1.807, 2.05) is 49.8 Å². The van der Waals surface area contributed by atoms with Crippen molar-refractivity contribution in [1.29, 1.82) is 0 Å². The van der Waals surface area contributed by atoms with Gasteiger partial charge in [0.05, 0.1) is 0 Å². The number of rotatable bonds is 4. The third-order valence-corrected chi connectivity index (χ3v) is 4.55. The lowest BCUT2D eigenvalue weighted by Crippen LogP contribution is -2.35. The van der Waals surface area contributed by atoms with Crippen LogP contribution in [0.25, 0.3) is 0 Å². The number of amides is 1. The van der Waals surface area contributed by atoms with Crippen LogP contribution < -0.4 is 0 Å². The van der Waals surface area contributed by atoms with Gasteiger partial charge in [0.15, 0.2) is 0 Å². The molecule has 1 unspecified atom stereocenters. The van der Waals surface area contributed by atoms with Gasteiger partial charge in [-0.05, 0) is 56.6 Å². The smallest absolute Gasteiger partial charge is 0.410 e. The molecule has 1 atom stereocenters. The summed E-state index contributed by atoms with van der Waals surface area (Å²) >= 11 is 1.92. The molecule has 5 heteroatoms. The fraction of sp³-hybridized carbons (Fsp3) is 0.625. The van der Waals surface area contributed by atoms with E-state index in [1.165, 1.54) is 5.56 Å². The van der Waals surface area contributed by atoms with Crippen molar-refractivity contribution >= 4 is 17.9 Å². The van der Waals surface area contributed by atoms with Crippen LogP contribution in [-0.4, -0.2) is 40.4 Å². The highest BCUT2D eigenvalue weighted by Crippen LogP contribution is 2.24. The molecule has 1 aromatic rings. The van der Waals surface area contributed by atoms with Crippen LogP contribution in [0.2, 0.25) is 0 Å². The number of carbonyl (C=O) groups excluding carboxylic acids is 1. The lowest BCUT2D eigenvalue weighted by atomic mass is 10.2. The molecule has 21 heavy (non-hydrogen) atoms. The minimum absolute atomic E-state index is 0.177. The molecule has 0 radical (unpaired) electrons. The fourth-order valence-corrected chi connectivity index (χ4v) is 3.43. The molecule has 0 aromatic carbocycles. The highest BCUT2D eigenvalue weighted by atomic mass is 32.2. The second kappa shape index (κ2) is 7.16. The Morgan fingerprint density at radius 3 is 2.81 bits per heavy atom. The third-order valence-electron chi connectivity index (χ3n) is 3.31. The first-order valence-corrected chi connectivity index (χ1v) is 8.54. The van der Waals surface area contributed by atoms with E-state index in [1.54, 1.807) is 0 Å². The molecule has 0 aliphatic carbocycles. The first kappa shape index (κ1) is 16.1. The molecule has 1 aliphatic rings. The Morgan fingerprint density at radius 1 is 1.43 bits per heavy atom. The van der Waals surface area contributed by atoms with Crippen LogP contribution in [0, 0.1) is 5.92 Å². The molecule has 0 spiro atoms. The van der Waals surface area contributed by atoms with E-state index >= 15 is 0 Å². The summed E-state index contributed by atoms with van der Waals surface area (Å²) < 4.78 is 5.42. The van der Waals surface area contributed by atoms with Crippen LogP contribution in [0.4, 0.5) is 4.79 Å². The number of hydrogen-bond acceptors (Lipinski definition) is 4. The number of ether oxygens (including phenoxy) is 1. The largest absolute Gasteiger partial charge is 0.444 e. The van der Waals surface area contributed by atoms with Gasteiger partial charge in [-0.3, -0.25) is 4.98 Å². The number of pyridine rings is 1. The molecule has 1 aliphatic heterocycles. The molecule has 2 rings (SSSR count). The Bertz CT molecular complexity index is 459. The summed E-state index contributed by atoms with van der Waals surface area (Å²) in [5.74, 6) is 2.66. The van der Waals surface area contributed by atoms with Crippen LogP contribution in [0.1, 0.15) is 32.8 Å². The van der Waals surface area contributed by atoms with Crippen LogP contribution in [0.5, 0.6) is 0 Å². The predicted molar refractivity (Wildman–Crippen MR) is 86.3 cm³/mol. The molecule has 1 aromatic heterocycles. The highest BCUT2D eigenvalue weighted by Gasteiger charge is 2.29. The van der Waals surface area contributed by atoms with Gasteiger partial charge in [-0.25, -0.2) is 4.79 Å². The maximum Gasteiger partial charge on any atom is 0.410 e. The van der Waals surface area contributed by atoms with E-state index in [9.17, 15) is 4.79 Å². The maximum atomic E-state index is 12.0. The molecule has 1 amide bonds. The SMILES string of the molecule is CC(C)(C)OC(=O)N1CCC(CSCc2ccncc2)C1. The third kappa shape index (κ3) is 5.58. The van der Waals surface area contributed by atoms with Crippen LogP contribution >= 0.6 is 11.8 Å². The molecular formula is C16H24N2O2S. The zero-order chi connectivity index (χ0) is 15.3. The number of hydrogen-bond donors (Lipinski definition) is 0. The van der Waals surface area contributed by atoms with E-state index in [0.29, 0.717) is 5.92 Å². The van der Waals surface area contributed by atoms with Crippen molar-refractivity contribution in [3.8, 4) is 0 Å². The Labute approximate surface area is 131 Å². The van der Waals surface area contributed by atoms with Crippen molar-refractivity contribution in [1.82, 2.24) is 9.88 Å². The summed E-state index contributed by atoms with van der Waals surface area (Å²) in [7, 11) is 0. The second-order valence-corrected chi connectivity index (χ2v) is 7.48. The van der Waals surface area contributed by atoms with Crippen molar-refractivity contribution in [3.63, 3.8) is 0 Å². The molecule has 1 saturated heterocycles. The quantitative estimate of drug-likeness (QED) is 0.853. The van der Waals surface area contributed by atoms with Gasteiger partial charge < -0.3 is 9.64 Å². The van der Waals surface area contributed by atoms with Gasteiger partial charge in [-0.1, -0.05) is 0 Å². The van der Waals surface area contributed by atoms with Gasteiger partial charge in [0.2, 0.25) is 0 Å². The van der Waals surface area contributed by atoms with E-state index in [2.05, 4.69) is 17.1 Å². The average Bonchev–Trinajstić information content (AvgIpc) is 2.87. The van der Waals surface area contributed by atoms with Gasteiger partial charge in [0.1, 0.15) is 5.60 Å². The summed E-state index contributed by atoms with van der Waals surface area (Å²) in [6.45, 7) is 7.35. The number of nitrogens with zero attached hydrogens (tertiary/aromatic N) is 2. The second-order valence-electron chi connectivity index (χ2n) is 6.45. The van der Waals surface area contributed by atoms with Crippen LogP contribution in [0.15, 0.2) is 24.5 Å². The van der Waals surface area contributed by atoms with Gasteiger partial charge in [-0.15, -0.1) is 0 Å². The first-order chi connectivity index (χ1) is 9.94. The summed E-state index contributed by atoms with van der Waals surface area (Å²) in [4.78, 5) is 17.9. The Hall–Kier alpha value is -1.23. The Morgan fingerprint density at radius 2 is 2.14 bits per heavy atom. The van der Waals surface area contributed by atoms with Crippen molar-refractivity contribution in [3.05, 3.63) is 30.1 Å². The lowest BCUT2D eigenvalue weighted by molar-refractivity contribution is 0.0289. The molecule has 4 nitrogen and oxygen atoms in total. The topological polar surface area (TPSA) is 42.4 Å². The Balaban J connectivity index is 1.69. The van der Waals surface area contributed by atoms with E-state index in [0.717, 1.165) is 31.0 Å². The first-order valence-electron chi connectivity index (χ1n) is 7.38. The van der Waals surface area contributed by atoms with Gasteiger partial charge >= 0.3 is 6.09 Å². The van der Waals surface area contributed by atoms with Crippen molar-refractivity contribution in [2.24, 2.45) is 5.92 Å². The van der Waals surface area contributed by atoms with Gasteiger partial charge in [0, 0.05) is 31.2 Å². The number of carbonyl (C=O) groups is 1. The zero-order valence-corrected chi connectivity index (χ0v) is 13.9. The molecule has 116 valence electrons. The minimum Gasteiger partial charge on any atom is -0.444 e. The van der Waals surface area contributed by atoms with E-state index in [-0.39, 0.29) is 6.09 Å². The number of aromatic nitrogens is 1. The van der Waals surface area contributed by atoms with Gasteiger partial charge in [-0.2, -0.15) is 11.8 Å². The van der Waals surface area contributed by atoms with Crippen molar-refractivity contribution in [2.45, 2.75) is 38.5 Å². The normalized spacial score (nSPS) is 18.8. The summed E-state index contributed by atoms with van der Waals surface area (Å²) in [6, 6.07) is 4.10. The molecule has 2 heterocycles. The standard InChI is InChI=1S/C16H24N2O2S/c1-16(2,3)20-15(19)18-9-6-14(10-18)12-21-11-13-4-7-17-8-5-13/h4-5,7-8,14H,6,9-12H2,1-3H3.